The zero-order chi connectivity index (χ0) is 26.8. The number of carbonyl (C=O) groups excluding carboxylic acids is 2. The van der Waals surface area contributed by atoms with E-state index in [1.54, 1.807) is 0 Å². The second kappa shape index (κ2) is 10.9. The molecule has 9 nitrogen and oxygen atoms in total. The SMILES string of the molecule is C=CC(=O)N1CCN(c2nc(OC[C@H]3CCCC(=O)N3)nc3c2CCN(c2cccc4ccccc24)C3)CC1. The number of ether oxygens (including phenoxy) is 1. The number of nitrogens with one attached hydrogen (secondary N) is 1. The van der Waals surface area contributed by atoms with Crippen molar-refractivity contribution in [1.82, 2.24) is 20.2 Å². The third kappa shape index (κ3) is 5.26. The van der Waals surface area contributed by atoms with E-state index in [0.29, 0.717) is 51.8 Å². The monoisotopic (exact) mass is 526 g/mol. The van der Waals surface area contributed by atoms with Gasteiger partial charge < -0.3 is 24.8 Å². The molecule has 1 N–H and O–H groups in total. The lowest BCUT2D eigenvalue weighted by Gasteiger charge is -2.38. The normalized spacial score (nSPS) is 19.4. The average molecular weight is 527 g/mol. The number of rotatable bonds is 6. The van der Waals surface area contributed by atoms with Gasteiger partial charge in [0.1, 0.15) is 12.4 Å². The molecule has 0 radical (unpaired) electrons. The molecule has 6 rings (SSSR count). The highest BCUT2D eigenvalue weighted by molar-refractivity contribution is 5.94. The van der Waals surface area contributed by atoms with Gasteiger partial charge >= 0.3 is 6.01 Å². The van der Waals surface area contributed by atoms with E-state index >= 15 is 0 Å². The van der Waals surface area contributed by atoms with Gasteiger partial charge in [-0.3, -0.25) is 9.59 Å². The molecule has 202 valence electrons. The molecule has 4 heterocycles. The highest BCUT2D eigenvalue weighted by Gasteiger charge is 2.29. The van der Waals surface area contributed by atoms with Crippen molar-refractivity contribution in [3.05, 3.63) is 66.4 Å². The molecule has 3 aliphatic heterocycles. The summed E-state index contributed by atoms with van der Waals surface area (Å²) in [5.74, 6) is 0.925. The van der Waals surface area contributed by atoms with E-state index < -0.39 is 0 Å². The van der Waals surface area contributed by atoms with Gasteiger partial charge in [-0.15, -0.1) is 0 Å². The third-order valence-electron chi connectivity index (χ3n) is 7.93. The van der Waals surface area contributed by atoms with Crippen LogP contribution in [0.1, 0.15) is 30.5 Å². The van der Waals surface area contributed by atoms with E-state index in [-0.39, 0.29) is 17.9 Å². The number of piperidine rings is 1. The minimum atomic E-state index is -0.0383. The van der Waals surface area contributed by atoms with Crippen LogP contribution in [0.4, 0.5) is 11.5 Å². The fraction of sp³-hybridized carbons (Fsp3) is 0.400. The molecule has 2 aromatic carbocycles. The first-order valence-electron chi connectivity index (χ1n) is 13.8. The molecule has 3 aliphatic rings. The van der Waals surface area contributed by atoms with Gasteiger partial charge in [0, 0.05) is 55.8 Å². The fourth-order valence-corrected chi connectivity index (χ4v) is 5.85. The van der Waals surface area contributed by atoms with E-state index in [0.717, 1.165) is 42.9 Å². The van der Waals surface area contributed by atoms with Crippen molar-refractivity contribution in [2.24, 2.45) is 0 Å². The number of fused-ring (bicyclic) bond motifs is 2. The average Bonchev–Trinajstić information content (AvgIpc) is 2.98. The van der Waals surface area contributed by atoms with E-state index in [9.17, 15) is 9.59 Å². The maximum Gasteiger partial charge on any atom is 0.318 e. The van der Waals surface area contributed by atoms with Crippen LogP contribution in [0.2, 0.25) is 0 Å². The molecular weight excluding hydrogens is 492 g/mol. The Morgan fingerprint density at radius 2 is 1.85 bits per heavy atom. The van der Waals surface area contributed by atoms with Crippen LogP contribution in [0.5, 0.6) is 6.01 Å². The minimum Gasteiger partial charge on any atom is -0.461 e. The lowest BCUT2D eigenvalue weighted by Crippen LogP contribution is -2.49. The van der Waals surface area contributed by atoms with Gasteiger partial charge in [0.2, 0.25) is 11.8 Å². The summed E-state index contributed by atoms with van der Waals surface area (Å²) < 4.78 is 6.12. The van der Waals surface area contributed by atoms with Crippen LogP contribution in [0, 0.1) is 0 Å². The molecule has 2 fully saturated rings. The van der Waals surface area contributed by atoms with Gasteiger partial charge in [0.05, 0.1) is 18.3 Å². The van der Waals surface area contributed by atoms with E-state index in [1.807, 2.05) is 4.90 Å². The van der Waals surface area contributed by atoms with Crippen LogP contribution < -0.4 is 19.9 Å². The largest absolute Gasteiger partial charge is 0.461 e. The van der Waals surface area contributed by atoms with Gasteiger partial charge in [-0.25, -0.2) is 0 Å². The lowest BCUT2D eigenvalue weighted by molar-refractivity contribution is -0.126. The van der Waals surface area contributed by atoms with Crippen LogP contribution >= 0.6 is 0 Å². The zero-order valence-electron chi connectivity index (χ0n) is 22.1. The fourth-order valence-electron chi connectivity index (χ4n) is 5.85. The Hall–Kier alpha value is -4.14. The predicted octanol–water partition coefficient (Wildman–Crippen LogP) is 3.07. The maximum atomic E-state index is 12.1. The smallest absolute Gasteiger partial charge is 0.318 e. The van der Waals surface area contributed by atoms with Gasteiger partial charge in [-0.2, -0.15) is 9.97 Å². The highest BCUT2D eigenvalue weighted by atomic mass is 16.5. The summed E-state index contributed by atoms with van der Waals surface area (Å²) in [5.41, 5.74) is 3.31. The lowest BCUT2D eigenvalue weighted by atomic mass is 10.0. The second-order valence-electron chi connectivity index (χ2n) is 10.4. The molecule has 0 bridgehead atoms. The van der Waals surface area contributed by atoms with Gasteiger partial charge in [0.25, 0.3) is 0 Å². The summed E-state index contributed by atoms with van der Waals surface area (Å²) >= 11 is 0. The van der Waals surface area contributed by atoms with Crippen LogP contribution in [0.15, 0.2) is 55.1 Å². The zero-order valence-corrected chi connectivity index (χ0v) is 22.1. The summed E-state index contributed by atoms with van der Waals surface area (Å²) in [6.07, 6.45) is 4.51. The molecule has 9 heteroatoms. The van der Waals surface area contributed by atoms with Crippen molar-refractivity contribution in [1.29, 1.82) is 0 Å². The Labute approximate surface area is 228 Å². The standard InChI is InChI=1S/C30H34N6O3/c1-2-28(38)34-15-17-35(18-16-34)29-24-13-14-36(26-11-5-8-21-7-3-4-10-23(21)26)19-25(24)32-30(33-29)39-20-22-9-6-12-27(37)31-22/h2-5,7-8,10-11,22H,1,6,9,12-20H2,(H,31,37)/t22-/m1/s1. The molecule has 2 saturated heterocycles. The van der Waals surface area contributed by atoms with Crippen LogP contribution in [-0.4, -0.2) is 72.1 Å². The Bertz CT molecular complexity index is 1400. The summed E-state index contributed by atoms with van der Waals surface area (Å²) in [4.78, 5) is 40.2. The molecule has 3 aromatic rings. The Balaban J connectivity index is 1.29. The van der Waals surface area contributed by atoms with Gasteiger partial charge in [0.15, 0.2) is 0 Å². The second-order valence-corrected chi connectivity index (χ2v) is 10.4. The third-order valence-corrected chi connectivity index (χ3v) is 7.93. The number of aromatic nitrogens is 2. The number of hydrogen-bond acceptors (Lipinski definition) is 7. The first kappa shape index (κ1) is 25.2. The van der Waals surface area contributed by atoms with Gasteiger partial charge in [-0.05, 0) is 36.8 Å². The minimum absolute atomic E-state index is 0.0324. The Morgan fingerprint density at radius 1 is 1.03 bits per heavy atom. The van der Waals surface area contributed by atoms with Crippen LogP contribution in [-0.2, 0) is 22.6 Å². The predicted molar refractivity (Wildman–Crippen MR) is 151 cm³/mol. The van der Waals surface area contributed by atoms with Crippen LogP contribution in [0.3, 0.4) is 0 Å². The molecular formula is C30H34N6O3. The number of piperazine rings is 1. The first-order valence-corrected chi connectivity index (χ1v) is 13.8. The maximum absolute atomic E-state index is 12.1. The van der Waals surface area contributed by atoms with Crippen molar-refractivity contribution in [3.8, 4) is 6.01 Å². The number of carbonyl (C=O) groups is 2. The number of hydrogen-bond donors (Lipinski definition) is 1. The topological polar surface area (TPSA) is 90.9 Å². The summed E-state index contributed by atoms with van der Waals surface area (Å²) in [7, 11) is 0. The van der Waals surface area contributed by atoms with Gasteiger partial charge in [-0.1, -0.05) is 43.0 Å². The molecule has 2 amide bonds. The molecule has 0 saturated carbocycles. The number of benzene rings is 2. The van der Waals surface area contributed by atoms with Crippen LogP contribution in [0.25, 0.3) is 10.8 Å². The van der Waals surface area contributed by atoms with E-state index in [1.165, 1.54) is 22.5 Å². The quantitative estimate of drug-likeness (QED) is 0.494. The molecule has 39 heavy (non-hydrogen) atoms. The van der Waals surface area contributed by atoms with Crippen molar-refractivity contribution >= 4 is 34.1 Å². The Morgan fingerprint density at radius 3 is 2.67 bits per heavy atom. The van der Waals surface area contributed by atoms with Crippen molar-refractivity contribution in [2.45, 2.75) is 38.3 Å². The van der Waals surface area contributed by atoms with E-state index in [4.69, 9.17) is 14.7 Å². The molecule has 0 unspecified atom stereocenters. The summed E-state index contributed by atoms with van der Waals surface area (Å²) in [5, 5.41) is 5.45. The number of amides is 2. The Kier molecular flexibility index (Phi) is 7.04. The van der Waals surface area contributed by atoms with E-state index in [2.05, 4.69) is 64.2 Å². The number of nitrogens with zero attached hydrogens (tertiary/aromatic N) is 5. The summed E-state index contributed by atoms with van der Waals surface area (Å²) in [6, 6.07) is 15.2. The van der Waals surface area contributed by atoms with Crippen molar-refractivity contribution < 1.29 is 14.3 Å². The highest BCUT2D eigenvalue weighted by Crippen LogP contribution is 2.34. The number of anilines is 2. The van der Waals surface area contributed by atoms with Crippen molar-refractivity contribution in [3.63, 3.8) is 0 Å². The summed E-state index contributed by atoms with van der Waals surface area (Å²) in [6.45, 7) is 8.11. The molecule has 1 aromatic heterocycles. The van der Waals surface area contributed by atoms with Crippen molar-refractivity contribution in [2.75, 3.05) is 49.1 Å². The molecule has 0 spiro atoms. The molecule has 0 aliphatic carbocycles. The molecule has 1 atom stereocenters. The first-order chi connectivity index (χ1) is 19.1.